The fraction of sp³-hybridized carbons (Fsp3) is 0.381. The second-order valence-electron chi connectivity index (χ2n) is 6.72. The molecule has 0 aliphatic heterocycles. The van der Waals surface area contributed by atoms with E-state index in [-0.39, 0.29) is 0 Å². The zero-order chi connectivity index (χ0) is 15.6. The zero-order valence-electron chi connectivity index (χ0n) is 14.6. The van der Waals surface area contributed by atoms with Crippen LogP contribution in [-0.2, 0) is 0 Å². The lowest BCUT2D eigenvalue weighted by Crippen LogP contribution is -1.99. The molecule has 1 aliphatic carbocycles. The van der Waals surface area contributed by atoms with Gasteiger partial charge in [0, 0.05) is 6.42 Å². The van der Waals surface area contributed by atoms with E-state index in [9.17, 15) is 0 Å². The first-order valence-corrected chi connectivity index (χ1v) is 7.83. The number of hydrogen-bond acceptors (Lipinski definition) is 0. The summed E-state index contributed by atoms with van der Waals surface area (Å²) in [7, 11) is 0. The third-order valence-electron chi connectivity index (χ3n) is 6.01. The van der Waals surface area contributed by atoms with E-state index in [4.69, 9.17) is 0 Å². The highest BCUT2D eigenvalue weighted by molar-refractivity contribution is 5.90. The maximum Gasteiger partial charge on any atom is 0.0217 e. The fourth-order valence-electron chi connectivity index (χ4n) is 3.83. The Bertz CT molecular complexity index is 722. The highest BCUT2D eigenvalue weighted by atomic mass is 14.3. The maximum absolute atomic E-state index is 2.42. The van der Waals surface area contributed by atoms with Gasteiger partial charge in [0.15, 0.2) is 0 Å². The second-order valence-corrected chi connectivity index (χ2v) is 6.72. The third-order valence-corrected chi connectivity index (χ3v) is 6.01. The molecule has 0 saturated carbocycles. The topological polar surface area (TPSA) is 0 Å². The molecule has 21 heavy (non-hydrogen) atoms. The van der Waals surface area contributed by atoms with Crippen LogP contribution in [0.2, 0.25) is 0 Å². The fourth-order valence-corrected chi connectivity index (χ4v) is 3.83. The predicted octanol–water partition coefficient (Wildman–Crippen LogP) is 5.74. The number of benzene rings is 2. The van der Waals surface area contributed by atoms with Gasteiger partial charge in [-0.3, -0.25) is 0 Å². The van der Waals surface area contributed by atoms with Crippen LogP contribution in [0.3, 0.4) is 0 Å². The molecule has 0 nitrogen and oxygen atoms in total. The van der Waals surface area contributed by atoms with Crippen LogP contribution in [0.5, 0.6) is 0 Å². The van der Waals surface area contributed by atoms with Gasteiger partial charge in [0.05, 0.1) is 0 Å². The lowest BCUT2D eigenvalue weighted by molar-refractivity contribution is 1.20. The molecule has 0 atom stereocenters. The summed E-state index contributed by atoms with van der Waals surface area (Å²) >= 11 is 0. The lowest BCUT2D eigenvalue weighted by Gasteiger charge is -2.19. The summed E-state index contributed by atoms with van der Waals surface area (Å²) in [6.07, 6.45) is 2.42. The van der Waals surface area contributed by atoms with E-state index in [0.29, 0.717) is 0 Å². The summed E-state index contributed by atoms with van der Waals surface area (Å²) in [5.41, 5.74) is 17.4. The SMILES string of the molecule is Cc1c(C)c(C)c2c(c1C)[CH]c1c(C)c(C)c(C)c(C)c1-2. The molecular formula is C21H25. The first-order valence-electron chi connectivity index (χ1n) is 7.83. The Labute approximate surface area is 129 Å². The molecular weight excluding hydrogens is 252 g/mol. The van der Waals surface area contributed by atoms with Crippen molar-refractivity contribution in [2.75, 3.05) is 0 Å². The minimum absolute atomic E-state index is 1.44. The molecule has 0 bridgehead atoms. The van der Waals surface area contributed by atoms with E-state index in [2.05, 4.69) is 61.8 Å². The number of hydrogen-bond donors (Lipinski definition) is 0. The van der Waals surface area contributed by atoms with Gasteiger partial charge in [-0.25, -0.2) is 0 Å². The molecule has 2 aromatic carbocycles. The molecule has 0 fully saturated rings. The van der Waals surface area contributed by atoms with Gasteiger partial charge >= 0.3 is 0 Å². The maximum atomic E-state index is 2.42. The van der Waals surface area contributed by atoms with Gasteiger partial charge in [-0.2, -0.15) is 0 Å². The van der Waals surface area contributed by atoms with Crippen molar-refractivity contribution in [3.8, 4) is 11.1 Å². The van der Waals surface area contributed by atoms with Gasteiger partial charge in [0.25, 0.3) is 0 Å². The van der Waals surface area contributed by atoms with Crippen molar-refractivity contribution in [2.45, 2.75) is 55.4 Å². The van der Waals surface area contributed by atoms with Crippen molar-refractivity contribution >= 4 is 0 Å². The van der Waals surface area contributed by atoms with Crippen LogP contribution in [-0.4, -0.2) is 0 Å². The average molecular weight is 277 g/mol. The lowest BCUT2D eigenvalue weighted by atomic mass is 9.86. The highest BCUT2D eigenvalue weighted by Gasteiger charge is 2.29. The Kier molecular flexibility index (Phi) is 3.06. The van der Waals surface area contributed by atoms with Crippen molar-refractivity contribution in [3.05, 3.63) is 62.1 Å². The Balaban J connectivity index is 2.49. The van der Waals surface area contributed by atoms with Crippen LogP contribution in [0.15, 0.2) is 0 Å². The Morgan fingerprint density at radius 1 is 0.381 bits per heavy atom. The van der Waals surface area contributed by atoms with Crippen molar-refractivity contribution in [3.63, 3.8) is 0 Å². The molecule has 0 heterocycles. The molecule has 0 saturated heterocycles. The van der Waals surface area contributed by atoms with Crippen LogP contribution >= 0.6 is 0 Å². The minimum atomic E-state index is 1.44. The van der Waals surface area contributed by atoms with E-state index < -0.39 is 0 Å². The molecule has 3 rings (SSSR count). The summed E-state index contributed by atoms with van der Waals surface area (Å²) < 4.78 is 0. The first-order chi connectivity index (χ1) is 9.77. The molecule has 2 aromatic rings. The molecule has 109 valence electrons. The zero-order valence-corrected chi connectivity index (χ0v) is 14.6. The summed E-state index contributed by atoms with van der Waals surface area (Å²) in [6.45, 7) is 18.1. The molecule has 0 amide bonds. The summed E-state index contributed by atoms with van der Waals surface area (Å²) in [5.74, 6) is 0. The van der Waals surface area contributed by atoms with Crippen LogP contribution < -0.4 is 0 Å². The molecule has 0 N–H and O–H groups in total. The quantitative estimate of drug-likeness (QED) is 0.492. The molecule has 0 heteroatoms. The third kappa shape index (κ3) is 1.68. The van der Waals surface area contributed by atoms with Gasteiger partial charge in [-0.1, -0.05) is 0 Å². The smallest absolute Gasteiger partial charge is 0.0217 e. The van der Waals surface area contributed by atoms with Gasteiger partial charge in [-0.05, 0) is 122 Å². The van der Waals surface area contributed by atoms with Crippen molar-refractivity contribution < 1.29 is 0 Å². The number of fused-ring (bicyclic) bond motifs is 3. The van der Waals surface area contributed by atoms with E-state index in [1.165, 1.54) is 66.8 Å². The van der Waals surface area contributed by atoms with Crippen LogP contribution in [0.1, 0.15) is 55.6 Å². The summed E-state index contributed by atoms with van der Waals surface area (Å²) in [5, 5.41) is 0. The van der Waals surface area contributed by atoms with Crippen LogP contribution in [0, 0.1) is 61.8 Å². The number of rotatable bonds is 0. The predicted molar refractivity (Wildman–Crippen MR) is 92.3 cm³/mol. The Hall–Kier alpha value is -1.56. The van der Waals surface area contributed by atoms with Gasteiger partial charge in [0.1, 0.15) is 0 Å². The highest BCUT2D eigenvalue weighted by Crippen LogP contribution is 2.48. The van der Waals surface area contributed by atoms with Crippen molar-refractivity contribution in [1.29, 1.82) is 0 Å². The summed E-state index contributed by atoms with van der Waals surface area (Å²) in [6, 6.07) is 0. The van der Waals surface area contributed by atoms with Crippen LogP contribution in [0.25, 0.3) is 11.1 Å². The monoisotopic (exact) mass is 277 g/mol. The van der Waals surface area contributed by atoms with E-state index >= 15 is 0 Å². The van der Waals surface area contributed by atoms with Gasteiger partial charge in [-0.15, -0.1) is 0 Å². The van der Waals surface area contributed by atoms with Crippen LogP contribution in [0.4, 0.5) is 0 Å². The second kappa shape index (κ2) is 4.47. The van der Waals surface area contributed by atoms with E-state index in [0.717, 1.165) is 0 Å². The Morgan fingerprint density at radius 2 is 0.667 bits per heavy atom. The molecule has 1 aliphatic rings. The minimum Gasteiger partial charge on any atom is -0.0447 e. The standard InChI is InChI=1S/C21H25/c1-10-12(3)16(7)20-18(14(10)5)9-19-15(6)11(2)13(4)17(8)21(19)20/h9H,1-8H3. The van der Waals surface area contributed by atoms with E-state index in [1.807, 2.05) is 0 Å². The van der Waals surface area contributed by atoms with Gasteiger partial charge in [0.2, 0.25) is 0 Å². The largest absolute Gasteiger partial charge is 0.0447 e. The first kappa shape index (κ1) is 14.4. The molecule has 0 spiro atoms. The van der Waals surface area contributed by atoms with Crippen molar-refractivity contribution in [1.82, 2.24) is 0 Å². The van der Waals surface area contributed by atoms with Gasteiger partial charge < -0.3 is 0 Å². The van der Waals surface area contributed by atoms with E-state index in [1.54, 1.807) is 0 Å². The molecule has 1 radical (unpaired) electrons. The molecule has 0 unspecified atom stereocenters. The summed E-state index contributed by atoms with van der Waals surface area (Å²) in [4.78, 5) is 0. The molecule has 0 aromatic heterocycles. The normalized spacial score (nSPS) is 12.6. The Morgan fingerprint density at radius 3 is 1.00 bits per heavy atom. The average Bonchev–Trinajstić information content (AvgIpc) is 2.87. The van der Waals surface area contributed by atoms with Crippen molar-refractivity contribution in [2.24, 2.45) is 0 Å².